The lowest BCUT2D eigenvalue weighted by atomic mass is 10.1. The zero-order chi connectivity index (χ0) is 18.7. The molecule has 3 rings (SSSR count). The van der Waals surface area contributed by atoms with Gasteiger partial charge in [-0.25, -0.2) is 4.68 Å². The van der Waals surface area contributed by atoms with E-state index in [9.17, 15) is 4.79 Å². The summed E-state index contributed by atoms with van der Waals surface area (Å²) >= 11 is 0. The second-order valence-electron chi connectivity index (χ2n) is 6.39. The zero-order valence-corrected chi connectivity index (χ0v) is 15.6. The highest BCUT2D eigenvalue weighted by Crippen LogP contribution is 2.15. The summed E-state index contributed by atoms with van der Waals surface area (Å²) in [5, 5.41) is 4.27. The van der Waals surface area contributed by atoms with Crippen LogP contribution in [0.1, 0.15) is 25.0 Å². The minimum absolute atomic E-state index is 0.0910. The third kappa shape index (κ3) is 3.49. The molecule has 4 nitrogen and oxygen atoms in total. The normalized spacial score (nSPS) is 11.7. The number of aryl methyl sites for hydroxylation is 1. The number of benzene rings is 2. The molecule has 0 atom stereocenters. The molecule has 0 fully saturated rings. The van der Waals surface area contributed by atoms with Crippen molar-refractivity contribution < 1.29 is 0 Å². The first-order valence-electron chi connectivity index (χ1n) is 8.97. The van der Waals surface area contributed by atoms with Gasteiger partial charge in [0.05, 0.1) is 16.3 Å². The van der Waals surface area contributed by atoms with Gasteiger partial charge in [-0.1, -0.05) is 36.4 Å². The summed E-state index contributed by atoms with van der Waals surface area (Å²) in [5.74, 6) is 0. The van der Waals surface area contributed by atoms with E-state index in [4.69, 9.17) is 0 Å². The first-order valence-corrected chi connectivity index (χ1v) is 8.97. The Hall–Kier alpha value is -3.01. The number of H-pyrrole nitrogens is 1. The number of aromatic nitrogens is 2. The van der Waals surface area contributed by atoms with Gasteiger partial charge in [0.1, 0.15) is 0 Å². The highest BCUT2D eigenvalue weighted by atomic mass is 16.1. The topological polar surface area (TPSA) is 41.0 Å². The monoisotopic (exact) mass is 347 g/mol. The fourth-order valence-electron chi connectivity index (χ4n) is 3.06. The van der Waals surface area contributed by atoms with Crippen LogP contribution in [0.25, 0.3) is 18.3 Å². The second-order valence-corrected chi connectivity index (χ2v) is 6.39. The van der Waals surface area contributed by atoms with E-state index in [1.807, 2.05) is 49.4 Å². The highest BCUT2D eigenvalue weighted by Gasteiger charge is 2.05. The third-order valence-electron chi connectivity index (χ3n) is 4.63. The largest absolute Gasteiger partial charge is 0.372 e. The fourth-order valence-corrected chi connectivity index (χ4v) is 3.06. The van der Waals surface area contributed by atoms with Crippen molar-refractivity contribution in [2.24, 2.45) is 0 Å². The van der Waals surface area contributed by atoms with E-state index >= 15 is 0 Å². The molecular formula is C22H25N3O. The van der Waals surface area contributed by atoms with Gasteiger partial charge in [0.15, 0.2) is 0 Å². The van der Waals surface area contributed by atoms with Crippen LogP contribution in [0.2, 0.25) is 0 Å². The van der Waals surface area contributed by atoms with Gasteiger partial charge in [-0.3, -0.25) is 9.89 Å². The number of rotatable bonds is 5. The van der Waals surface area contributed by atoms with E-state index in [0.717, 1.165) is 29.9 Å². The summed E-state index contributed by atoms with van der Waals surface area (Å²) in [4.78, 5) is 15.1. The number of hydrogen-bond acceptors (Lipinski definition) is 2. The smallest absolute Gasteiger partial charge is 0.279 e. The molecule has 3 aromatic rings. The average molecular weight is 347 g/mol. The van der Waals surface area contributed by atoms with E-state index in [0.29, 0.717) is 10.6 Å². The molecule has 2 aromatic carbocycles. The summed E-state index contributed by atoms with van der Waals surface area (Å²) in [6, 6.07) is 16.1. The molecule has 1 aromatic heterocycles. The molecule has 0 saturated carbocycles. The molecule has 0 unspecified atom stereocenters. The summed E-state index contributed by atoms with van der Waals surface area (Å²) < 4.78 is 1.54. The van der Waals surface area contributed by atoms with Gasteiger partial charge >= 0.3 is 0 Å². The lowest BCUT2D eigenvalue weighted by molar-refractivity contribution is 0.838. The number of nitrogens with zero attached hydrogens (tertiary/aromatic N) is 2. The van der Waals surface area contributed by atoms with Gasteiger partial charge in [-0.2, -0.15) is 0 Å². The molecule has 0 saturated heterocycles. The molecule has 0 aliphatic carbocycles. The Morgan fingerprint density at radius 1 is 1.04 bits per heavy atom. The molecule has 0 aliphatic heterocycles. The van der Waals surface area contributed by atoms with E-state index in [-0.39, 0.29) is 5.56 Å². The zero-order valence-electron chi connectivity index (χ0n) is 15.6. The van der Waals surface area contributed by atoms with Crippen molar-refractivity contribution >= 4 is 18.3 Å². The summed E-state index contributed by atoms with van der Waals surface area (Å²) in [6.07, 6.45) is 1.89. The molecule has 134 valence electrons. The van der Waals surface area contributed by atoms with E-state index in [2.05, 4.69) is 42.6 Å². The SMILES string of the molecule is C=c1[nH]n(-c2ccc(C)cc2)c(=O)/c1=C\c1ccc(N(CC)CC)cc1. The van der Waals surface area contributed by atoms with Gasteiger partial charge in [-0.15, -0.1) is 0 Å². The van der Waals surface area contributed by atoms with E-state index in [1.165, 1.54) is 10.4 Å². The maximum atomic E-state index is 12.8. The van der Waals surface area contributed by atoms with Gasteiger partial charge in [-0.05, 0) is 56.7 Å². The predicted octanol–water partition coefficient (Wildman–Crippen LogP) is 2.56. The van der Waals surface area contributed by atoms with Crippen LogP contribution in [0.5, 0.6) is 0 Å². The molecule has 0 spiro atoms. The summed E-state index contributed by atoms with van der Waals surface area (Å²) in [5.41, 5.74) is 4.04. The van der Waals surface area contributed by atoms with Crippen molar-refractivity contribution in [2.75, 3.05) is 18.0 Å². The van der Waals surface area contributed by atoms with Crippen molar-refractivity contribution in [3.8, 4) is 5.69 Å². The standard InChI is InChI=1S/C22H25N3O/c1-5-24(6-2)19-13-9-18(10-14-19)15-21-17(4)23-25(22(21)26)20-11-7-16(3)8-12-20/h7-15,23H,4-6H2,1-3H3/b21-15-. The molecule has 1 N–H and O–H groups in total. The third-order valence-corrected chi connectivity index (χ3v) is 4.63. The van der Waals surface area contributed by atoms with Crippen LogP contribution >= 0.6 is 0 Å². The quantitative estimate of drug-likeness (QED) is 0.771. The number of hydrogen-bond donors (Lipinski definition) is 1. The Balaban J connectivity index is 2.01. The average Bonchev–Trinajstić information content (AvgIpc) is 2.93. The second kappa shape index (κ2) is 7.48. The first-order chi connectivity index (χ1) is 12.5. The minimum atomic E-state index is -0.0910. The van der Waals surface area contributed by atoms with Gasteiger partial charge < -0.3 is 4.90 Å². The van der Waals surface area contributed by atoms with E-state index < -0.39 is 0 Å². The molecule has 0 amide bonds. The molecule has 0 aliphatic rings. The molecule has 26 heavy (non-hydrogen) atoms. The van der Waals surface area contributed by atoms with Crippen LogP contribution in [-0.4, -0.2) is 22.9 Å². The maximum absolute atomic E-state index is 12.8. The Labute approximate surface area is 153 Å². The van der Waals surface area contributed by atoms with Crippen LogP contribution < -0.4 is 21.0 Å². The van der Waals surface area contributed by atoms with E-state index in [1.54, 1.807) is 0 Å². The number of nitrogens with one attached hydrogen (secondary N) is 1. The molecular weight excluding hydrogens is 322 g/mol. The number of anilines is 1. The van der Waals surface area contributed by atoms with Crippen molar-refractivity contribution in [1.82, 2.24) is 9.78 Å². The Kier molecular flexibility index (Phi) is 5.12. The summed E-state index contributed by atoms with van der Waals surface area (Å²) in [7, 11) is 0. The van der Waals surface area contributed by atoms with Crippen LogP contribution in [0.4, 0.5) is 5.69 Å². The van der Waals surface area contributed by atoms with Crippen molar-refractivity contribution in [3.63, 3.8) is 0 Å². The van der Waals surface area contributed by atoms with Crippen LogP contribution in [0.15, 0.2) is 53.3 Å². The number of aromatic amines is 1. The molecule has 4 heteroatoms. The summed E-state index contributed by atoms with van der Waals surface area (Å²) in [6.45, 7) is 12.3. The lowest BCUT2D eigenvalue weighted by Gasteiger charge is -2.20. The van der Waals surface area contributed by atoms with Crippen molar-refractivity contribution in [3.05, 3.63) is 80.6 Å². The van der Waals surface area contributed by atoms with Gasteiger partial charge in [0.2, 0.25) is 0 Å². The fraction of sp³-hybridized carbons (Fsp3) is 0.227. The lowest BCUT2D eigenvalue weighted by Crippen LogP contribution is -2.33. The van der Waals surface area contributed by atoms with Gasteiger partial charge in [0.25, 0.3) is 5.56 Å². The minimum Gasteiger partial charge on any atom is -0.372 e. The Morgan fingerprint density at radius 2 is 1.65 bits per heavy atom. The molecule has 0 radical (unpaired) electrons. The molecule has 1 heterocycles. The van der Waals surface area contributed by atoms with Crippen molar-refractivity contribution in [1.29, 1.82) is 0 Å². The maximum Gasteiger partial charge on any atom is 0.279 e. The van der Waals surface area contributed by atoms with Crippen LogP contribution in [-0.2, 0) is 0 Å². The molecule has 0 bridgehead atoms. The van der Waals surface area contributed by atoms with Gasteiger partial charge in [0, 0.05) is 18.8 Å². The van der Waals surface area contributed by atoms with Crippen LogP contribution in [0, 0.1) is 6.92 Å². The van der Waals surface area contributed by atoms with Crippen molar-refractivity contribution in [2.45, 2.75) is 20.8 Å². The highest BCUT2D eigenvalue weighted by molar-refractivity contribution is 5.56. The first kappa shape index (κ1) is 17.8. The Morgan fingerprint density at radius 3 is 2.23 bits per heavy atom. The Bertz CT molecular complexity index is 1040. The predicted molar refractivity (Wildman–Crippen MR) is 109 cm³/mol. The van der Waals surface area contributed by atoms with Crippen LogP contribution in [0.3, 0.4) is 0 Å².